The first kappa shape index (κ1) is 22.4. The summed E-state index contributed by atoms with van der Waals surface area (Å²) in [6, 6.07) is -1.07. The maximum atomic E-state index is 12.8. The molecule has 7 nitrogen and oxygen atoms in total. The molecule has 0 aromatic heterocycles. The summed E-state index contributed by atoms with van der Waals surface area (Å²) >= 11 is 0. The molecular weight excluding hydrogens is 310 g/mol. The fourth-order valence-corrected chi connectivity index (χ4v) is 2.38. The van der Waals surface area contributed by atoms with Crippen molar-refractivity contribution in [2.75, 3.05) is 6.54 Å². The van der Waals surface area contributed by atoms with Crippen LogP contribution >= 0.6 is 0 Å². The van der Waals surface area contributed by atoms with Crippen LogP contribution < -0.4 is 10.6 Å². The normalized spacial score (nSPS) is 14.0. The molecule has 3 N–H and O–H groups in total. The van der Waals surface area contributed by atoms with Crippen molar-refractivity contribution in [3.63, 3.8) is 0 Å². The lowest BCUT2D eigenvalue weighted by Crippen LogP contribution is -2.54. The van der Waals surface area contributed by atoms with Crippen LogP contribution in [0.2, 0.25) is 0 Å². The lowest BCUT2D eigenvalue weighted by Gasteiger charge is -2.29. The first-order valence-corrected chi connectivity index (χ1v) is 8.55. The number of hydroxylamine groups is 2. The first-order valence-electron chi connectivity index (χ1n) is 8.55. The lowest BCUT2D eigenvalue weighted by atomic mass is 9.87. The average Bonchev–Trinajstić information content (AvgIpc) is 2.45. The Morgan fingerprint density at radius 3 is 2.25 bits per heavy atom. The predicted octanol–water partition coefficient (Wildman–Crippen LogP) is 2.33. The number of amides is 3. The molecule has 0 rings (SSSR count). The summed E-state index contributed by atoms with van der Waals surface area (Å²) in [4.78, 5) is 35.6. The maximum absolute atomic E-state index is 12.8. The Balaban J connectivity index is 5.11. The molecule has 0 aliphatic carbocycles. The Kier molecular flexibility index (Phi) is 9.58. The van der Waals surface area contributed by atoms with E-state index in [9.17, 15) is 19.6 Å². The third-order valence-corrected chi connectivity index (χ3v) is 3.59. The molecule has 7 heteroatoms. The van der Waals surface area contributed by atoms with Crippen LogP contribution in [0.4, 0.5) is 4.79 Å². The highest BCUT2D eigenvalue weighted by Crippen LogP contribution is 2.17. The van der Waals surface area contributed by atoms with Gasteiger partial charge in [-0.1, -0.05) is 33.6 Å². The van der Waals surface area contributed by atoms with Gasteiger partial charge in [-0.25, -0.2) is 9.86 Å². The molecule has 0 spiro atoms. The van der Waals surface area contributed by atoms with Crippen molar-refractivity contribution in [2.24, 2.45) is 11.8 Å². The molecule has 0 radical (unpaired) electrons. The predicted molar refractivity (Wildman–Crippen MR) is 92.6 cm³/mol. The van der Waals surface area contributed by atoms with Crippen LogP contribution in [-0.4, -0.2) is 46.6 Å². The molecular formula is C17H33N3O4. The second kappa shape index (κ2) is 10.3. The van der Waals surface area contributed by atoms with Crippen molar-refractivity contribution < 1.29 is 19.6 Å². The van der Waals surface area contributed by atoms with Crippen LogP contribution in [0, 0.1) is 11.8 Å². The van der Waals surface area contributed by atoms with Gasteiger partial charge >= 0.3 is 6.03 Å². The van der Waals surface area contributed by atoms with Crippen LogP contribution in [0.15, 0.2) is 0 Å². The highest BCUT2D eigenvalue weighted by Gasteiger charge is 2.31. The highest BCUT2D eigenvalue weighted by molar-refractivity contribution is 5.90. The van der Waals surface area contributed by atoms with Gasteiger partial charge in [-0.15, -0.1) is 0 Å². The summed E-state index contributed by atoms with van der Waals surface area (Å²) in [5.41, 5.74) is -0.407. The second-order valence-electron chi connectivity index (χ2n) is 7.54. The second-order valence-corrected chi connectivity index (χ2v) is 7.54. The Bertz CT molecular complexity index is 419. The standard InChI is InChI=1S/C17H33N3O4/c1-7-8-9-13(10-20(24)11-21)15(22)14(12(2)3)18-16(23)19-17(4,5)6/h11-14,24H,7-10H2,1-6H3,(H2,18,19,23). The zero-order valence-corrected chi connectivity index (χ0v) is 15.8. The van der Waals surface area contributed by atoms with Crippen LogP contribution in [0.25, 0.3) is 0 Å². The van der Waals surface area contributed by atoms with Crippen LogP contribution in [0.1, 0.15) is 60.8 Å². The number of carbonyl (C=O) groups is 3. The van der Waals surface area contributed by atoms with Gasteiger partial charge in [0.15, 0.2) is 5.78 Å². The van der Waals surface area contributed by atoms with Crippen molar-refractivity contribution >= 4 is 18.2 Å². The van der Waals surface area contributed by atoms with Gasteiger partial charge in [-0.2, -0.15) is 0 Å². The summed E-state index contributed by atoms with van der Waals surface area (Å²) < 4.78 is 0. The number of nitrogens with one attached hydrogen (secondary N) is 2. The topological polar surface area (TPSA) is 98.7 Å². The smallest absolute Gasteiger partial charge is 0.315 e. The SMILES string of the molecule is CCCCC(CN(O)C=O)C(=O)C(NC(=O)NC(C)(C)C)C(C)C. The Labute approximate surface area is 145 Å². The molecule has 0 saturated carbocycles. The van der Waals surface area contributed by atoms with E-state index >= 15 is 0 Å². The number of carbonyl (C=O) groups excluding carboxylic acids is 3. The quantitative estimate of drug-likeness (QED) is 0.322. The van der Waals surface area contributed by atoms with Gasteiger partial charge in [-0.3, -0.25) is 14.8 Å². The molecule has 0 heterocycles. The highest BCUT2D eigenvalue weighted by atomic mass is 16.5. The molecule has 0 aliphatic heterocycles. The molecule has 24 heavy (non-hydrogen) atoms. The van der Waals surface area contributed by atoms with Gasteiger partial charge in [-0.05, 0) is 33.1 Å². The number of urea groups is 1. The van der Waals surface area contributed by atoms with E-state index in [0.717, 1.165) is 12.8 Å². The monoisotopic (exact) mass is 343 g/mol. The van der Waals surface area contributed by atoms with Crippen molar-refractivity contribution in [2.45, 2.75) is 72.4 Å². The van der Waals surface area contributed by atoms with Crippen molar-refractivity contribution in [3.8, 4) is 0 Å². The summed E-state index contributed by atoms with van der Waals surface area (Å²) in [5, 5.41) is 15.4. The third-order valence-electron chi connectivity index (χ3n) is 3.59. The largest absolute Gasteiger partial charge is 0.334 e. The van der Waals surface area contributed by atoms with Gasteiger partial charge < -0.3 is 10.6 Å². The van der Waals surface area contributed by atoms with Gasteiger partial charge in [0.2, 0.25) is 6.41 Å². The summed E-state index contributed by atoms with van der Waals surface area (Å²) in [7, 11) is 0. The maximum Gasteiger partial charge on any atom is 0.315 e. The molecule has 140 valence electrons. The van der Waals surface area contributed by atoms with E-state index in [1.165, 1.54) is 0 Å². The van der Waals surface area contributed by atoms with Crippen molar-refractivity contribution in [3.05, 3.63) is 0 Å². The van der Waals surface area contributed by atoms with Crippen molar-refractivity contribution in [1.29, 1.82) is 0 Å². The molecule has 0 aromatic rings. The van der Waals surface area contributed by atoms with E-state index in [4.69, 9.17) is 0 Å². The van der Waals surface area contributed by atoms with E-state index in [1.54, 1.807) is 0 Å². The van der Waals surface area contributed by atoms with Gasteiger partial charge in [0.1, 0.15) is 0 Å². The minimum absolute atomic E-state index is 0.0614. The molecule has 0 fully saturated rings. The Morgan fingerprint density at radius 2 is 1.83 bits per heavy atom. The van der Waals surface area contributed by atoms with E-state index in [-0.39, 0.29) is 24.7 Å². The summed E-state index contributed by atoms with van der Waals surface area (Å²) in [5.74, 6) is -0.776. The Hall–Kier alpha value is -1.63. The van der Waals surface area contributed by atoms with Crippen LogP contribution in [-0.2, 0) is 9.59 Å². The molecule has 0 saturated heterocycles. The zero-order chi connectivity index (χ0) is 18.9. The summed E-state index contributed by atoms with van der Waals surface area (Å²) in [6.45, 7) is 11.2. The van der Waals surface area contributed by atoms with E-state index in [2.05, 4.69) is 10.6 Å². The fraction of sp³-hybridized carbons (Fsp3) is 0.824. The zero-order valence-electron chi connectivity index (χ0n) is 15.8. The third kappa shape index (κ3) is 8.86. The van der Waals surface area contributed by atoms with Gasteiger partial charge in [0, 0.05) is 11.5 Å². The summed E-state index contributed by atoms with van der Waals surface area (Å²) in [6.07, 6.45) is 2.56. The van der Waals surface area contributed by atoms with Crippen molar-refractivity contribution in [1.82, 2.24) is 15.7 Å². The number of unbranched alkanes of at least 4 members (excludes halogenated alkanes) is 1. The van der Waals surface area contributed by atoms with Gasteiger partial charge in [0.25, 0.3) is 0 Å². The van der Waals surface area contributed by atoms with Crippen LogP contribution in [0.5, 0.6) is 0 Å². The lowest BCUT2D eigenvalue weighted by molar-refractivity contribution is -0.154. The number of hydrogen-bond donors (Lipinski definition) is 3. The minimum Gasteiger partial charge on any atom is -0.334 e. The average molecular weight is 343 g/mol. The van der Waals surface area contributed by atoms with E-state index < -0.39 is 23.5 Å². The van der Waals surface area contributed by atoms with E-state index in [0.29, 0.717) is 11.5 Å². The van der Waals surface area contributed by atoms with E-state index in [1.807, 2.05) is 41.5 Å². The first-order chi connectivity index (χ1) is 11.0. The molecule has 0 aliphatic rings. The molecule has 0 bridgehead atoms. The number of rotatable bonds is 10. The minimum atomic E-state index is -0.672. The van der Waals surface area contributed by atoms with Gasteiger partial charge in [0.05, 0.1) is 12.6 Å². The number of hydrogen-bond acceptors (Lipinski definition) is 4. The molecule has 2 atom stereocenters. The number of Topliss-reactive ketones (excluding diaryl/α,β-unsaturated/α-hetero) is 1. The molecule has 3 amide bonds. The number of nitrogens with zero attached hydrogens (tertiary/aromatic N) is 1. The Morgan fingerprint density at radius 1 is 1.25 bits per heavy atom. The molecule has 2 unspecified atom stereocenters. The number of ketones is 1. The fourth-order valence-electron chi connectivity index (χ4n) is 2.38. The van der Waals surface area contributed by atoms with Crippen LogP contribution in [0.3, 0.4) is 0 Å². The molecule has 0 aromatic carbocycles.